The summed E-state index contributed by atoms with van der Waals surface area (Å²) in [6, 6.07) is 2.31. The minimum Gasteiger partial charge on any atom is -0.319 e. The van der Waals surface area contributed by atoms with Gasteiger partial charge in [-0.25, -0.2) is 4.79 Å². The van der Waals surface area contributed by atoms with Gasteiger partial charge in [0.1, 0.15) is 0 Å². The molecule has 15 heavy (non-hydrogen) atoms. The molecule has 1 fully saturated rings. The molecule has 0 heterocycles. The van der Waals surface area contributed by atoms with Crippen LogP contribution in [0.3, 0.4) is 0 Å². The first-order valence-electron chi connectivity index (χ1n) is 5.33. The lowest BCUT2D eigenvalue weighted by molar-refractivity contribution is -0.140. The summed E-state index contributed by atoms with van der Waals surface area (Å²) < 4.78 is 0. The van der Waals surface area contributed by atoms with Crippen LogP contribution in [0.2, 0.25) is 0 Å². The molecule has 0 aromatic carbocycles. The molecule has 0 radical (unpaired) electrons. The van der Waals surface area contributed by atoms with Gasteiger partial charge in [0.25, 0.3) is 0 Å². The second kappa shape index (κ2) is 6.18. The highest BCUT2D eigenvalue weighted by atomic mass is 16.7. The zero-order valence-corrected chi connectivity index (χ0v) is 8.98. The standard InChI is InChI=1S/C11H16N2O2/c1-9(14)15-13-8-11-4-2-3-10(7-12)5-6-11/h8,10-11H,2-6H2,1H3/b13-8+. The van der Waals surface area contributed by atoms with Crippen LogP contribution in [0, 0.1) is 23.2 Å². The number of nitriles is 1. The first kappa shape index (κ1) is 11.7. The molecule has 0 amide bonds. The second-order valence-electron chi connectivity index (χ2n) is 3.93. The van der Waals surface area contributed by atoms with Gasteiger partial charge in [-0.3, -0.25) is 0 Å². The van der Waals surface area contributed by atoms with Gasteiger partial charge in [-0.05, 0) is 31.6 Å². The van der Waals surface area contributed by atoms with E-state index in [-0.39, 0.29) is 5.92 Å². The Morgan fingerprint density at radius 1 is 1.47 bits per heavy atom. The normalized spacial score (nSPS) is 26.9. The molecule has 4 heteroatoms. The van der Waals surface area contributed by atoms with Gasteiger partial charge >= 0.3 is 5.97 Å². The molecule has 0 N–H and O–H groups in total. The van der Waals surface area contributed by atoms with Crippen molar-refractivity contribution in [2.75, 3.05) is 0 Å². The van der Waals surface area contributed by atoms with Crippen LogP contribution >= 0.6 is 0 Å². The smallest absolute Gasteiger partial charge is 0.319 e. The van der Waals surface area contributed by atoms with E-state index in [1.165, 1.54) is 6.92 Å². The lowest BCUT2D eigenvalue weighted by Gasteiger charge is -2.05. The summed E-state index contributed by atoms with van der Waals surface area (Å²) in [4.78, 5) is 15.0. The zero-order chi connectivity index (χ0) is 11.1. The van der Waals surface area contributed by atoms with Gasteiger partial charge in [-0.2, -0.15) is 5.26 Å². The fraction of sp³-hybridized carbons (Fsp3) is 0.727. The Kier molecular flexibility index (Phi) is 4.82. The number of carbonyl (C=O) groups excluding carboxylic acids is 1. The van der Waals surface area contributed by atoms with Gasteiger partial charge in [0, 0.05) is 19.1 Å². The van der Waals surface area contributed by atoms with E-state index < -0.39 is 5.97 Å². The molecule has 1 aliphatic rings. The number of nitrogens with zero attached hydrogens (tertiary/aromatic N) is 2. The van der Waals surface area contributed by atoms with Crippen molar-refractivity contribution in [2.45, 2.75) is 39.0 Å². The van der Waals surface area contributed by atoms with Gasteiger partial charge in [0.2, 0.25) is 0 Å². The molecule has 1 rings (SSSR count). The molecule has 0 aromatic rings. The third-order valence-electron chi connectivity index (χ3n) is 2.65. The first-order chi connectivity index (χ1) is 7.22. The Bertz CT molecular complexity index is 281. The third kappa shape index (κ3) is 4.59. The van der Waals surface area contributed by atoms with E-state index in [2.05, 4.69) is 16.1 Å². The lowest BCUT2D eigenvalue weighted by atomic mass is 10.0. The summed E-state index contributed by atoms with van der Waals surface area (Å²) in [5.41, 5.74) is 0. The molecule has 0 spiro atoms. The van der Waals surface area contributed by atoms with Gasteiger partial charge in [0.05, 0.1) is 6.07 Å². The van der Waals surface area contributed by atoms with E-state index in [9.17, 15) is 4.79 Å². The van der Waals surface area contributed by atoms with Crippen LogP contribution in [-0.2, 0) is 9.63 Å². The molecule has 82 valence electrons. The number of oxime groups is 1. The Labute approximate surface area is 89.9 Å². The summed E-state index contributed by atoms with van der Waals surface area (Å²) in [7, 11) is 0. The second-order valence-corrected chi connectivity index (χ2v) is 3.93. The SMILES string of the molecule is CC(=O)O/N=C/C1CCCC(C#N)CC1. The van der Waals surface area contributed by atoms with Gasteiger partial charge in [-0.15, -0.1) is 0 Å². The molecule has 1 aliphatic carbocycles. The van der Waals surface area contributed by atoms with Crippen LogP contribution in [-0.4, -0.2) is 12.2 Å². The van der Waals surface area contributed by atoms with Crippen molar-refractivity contribution in [1.82, 2.24) is 0 Å². The molecule has 2 unspecified atom stereocenters. The minimum atomic E-state index is -0.394. The molecule has 2 atom stereocenters. The van der Waals surface area contributed by atoms with Crippen molar-refractivity contribution in [1.29, 1.82) is 5.26 Å². The Morgan fingerprint density at radius 2 is 2.27 bits per heavy atom. The fourth-order valence-corrected chi connectivity index (χ4v) is 1.80. The van der Waals surface area contributed by atoms with Crippen LogP contribution in [0.25, 0.3) is 0 Å². The Hall–Kier alpha value is -1.37. The maximum Gasteiger partial charge on any atom is 0.331 e. The summed E-state index contributed by atoms with van der Waals surface area (Å²) in [6.45, 7) is 1.33. The predicted octanol–water partition coefficient (Wildman–Crippen LogP) is 2.26. The molecular formula is C11H16N2O2. The summed E-state index contributed by atoms with van der Waals surface area (Å²) in [5, 5.41) is 12.4. The third-order valence-corrected chi connectivity index (χ3v) is 2.65. The maximum absolute atomic E-state index is 10.5. The van der Waals surface area contributed by atoms with Crippen molar-refractivity contribution in [3.05, 3.63) is 0 Å². The van der Waals surface area contributed by atoms with Crippen LogP contribution in [0.4, 0.5) is 0 Å². The zero-order valence-electron chi connectivity index (χ0n) is 8.98. The average Bonchev–Trinajstić information content (AvgIpc) is 2.42. The van der Waals surface area contributed by atoms with Crippen molar-refractivity contribution >= 4 is 12.2 Å². The minimum absolute atomic E-state index is 0.192. The highest BCUT2D eigenvalue weighted by Crippen LogP contribution is 2.25. The van der Waals surface area contributed by atoms with E-state index in [1.807, 2.05) is 0 Å². The number of carbonyl (C=O) groups is 1. The summed E-state index contributed by atoms with van der Waals surface area (Å²) in [5.74, 6) is 0.148. The fourth-order valence-electron chi connectivity index (χ4n) is 1.80. The van der Waals surface area contributed by atoms with E-state index in [1.54, 1.807) is 6.21 Å². The Morgan fingerprint density at radius 3 is 2.93 bits per heavy atom. The highest BCUT2D eigenvalue weighted by Gasteiger charge is 2.17. The lowest BCUT2D eigenvalue weighted by Crippen LogP contribution is -2.02. The Balaban J connectivity index is 2.34. The largest absolute Gasteiger partial charge is 0.331 e. The van der Waals surface area contributed by atoms with Gasteiger partial charge < -0.3 is 4.84 Å². The molecule has 1 saturated carbocycles. The van der Waals surface area contributed by atoms with Crippen molar-refractivity contribution < 1.29 is 9.63 Å². The molecule has 4 nitrogen and oxygen atoms in total. The topological polar surface area (TPSA) is 62.4 Å². The van der Waals surface area contributed by atoms with Crippen molar-refractivity contribution in [2.24, 2.45) is 17.0 Å². The summed E-state index contributed by atoms with van der Waals surface area (Å²) >= 11 is 0. The number of hydrogen-bond acceptors (Lipinski definition) is 4. The monoisotopic (exact) mass is 208 g/mol. The number of rotatable bonds is 2. The average molecular weight is 208 g/mol. The quantitative estimate of drug-likeness (QED) is 0.302. The van der Waals surface area contributed by atoms with Gasteiger partial charge in [0.15, 0.2) is 0 Å². The van der Waals surface area contributed by atoms with Crippen LogP contribution in [0.1, 0.15) is 39.0 Å². The van der Waals surface area contributed by atoms with E-state index >= 15 is 0 Å². The van der Waals surface area contributed by atoms with Crippen LogP contribution in [0.5, 0.6) is 0 Å². The van der Waals surface area contributed by atoms with E-state index in [0.29, 0.717) is 5.92 Å². The molecule has 0 saturated heterocycles. The first-order valence-corrected chi connectivity index (χ1v) is 5.33. The molecule has 0 bridgehead atoms. The van der Waals surface area contributed by atoms with Gasteiger partial charge in [-0.1, -0.05) is 11.6 Å². The molecule has 0 aliphatic heterocycles. The molecule has 0 aromatic heterocycles. The van der Waals surface area contributed by atoms with Crippen molar-refractivity contribution in [3.63, 3.8) is 0 Å². The summed E-state index contributed by atoms with van der Waals surface area (Å²) in [6.07, 6.45) is 6.64. The van der Waals surface area contributed by atoms with E-state index in [4.69, 9.17) is 5.26 Å². The van der Waals surface area contributed by atoms with E-state index in [0.717, 1.165) is 32.1 Å². The predicted molar refractivity (Wildman–Crippen MR) is 55.9 cm³/mol. The van der Waals surface area contributed by atoms with Crippen LogP contribution in [0.15, 0.2) is 5.16 Å². The van der Waals surface area contributed by atoms with Crippen molar-refractivity contribution in [3.8, 4) is 6.07 Å². The van der Waals surface area contributed by atoms with Crippen LogP contribution < -0.4 is 0 Å². The maximum atomic E-state index is 10.5. The molecular weight excluding hydrogens is 192 g/mol. The highest BCUT2D eigenvalue weighted by molar-refractivity contribution is 5.67. The number of hydrogen-bond donors (Lipinski definition) is 0.